The van der Waals surface area contributed by atoms with Gasteiger partial charge in [-0.1, -0.05) is 23.8 Å². The third-order valence-electron chi connectivity index (χ3n) is 4.49. The van der Waals surface area contributed by atoms with Crippen LogP contribution in [-0.4, -0.2) is 24.0 Å². The van der Waals surface area contributed by atoms with Gasteiger partial charge in [0.2, 0.25) is 0 Å². The van der Waals surface area contributed by atoms with Gasteiger partial charge in [-0.05, 0) is 62.2 Å². The molecule has 0 aliphatic heterocycles. The van der Waals surface area contributed by atoms with Crippen LogP contribution in [0.5, 0.6) is 0 Å². The summed E-state index contributed by atoms with van der Waals surface area (Å²) in [6.45, 7) is 6.13. The summed E-state index contributed by atoms with van der Waals surface area (Å²) >= 11 is 0. The van der Waals surface area contributed by atoms with E-state index in [1.54, 1.807) is 42.6 Å². The highest BCUT2D eigenvalue weighted by atomic mass is 16.5. The Hall–Kier alpha value is -3.67. The molecule has 0 saturated heterocycles. The maximum Gasteiger partial charge on any atom is 0.337 e. The summed E-state index contributed by atoms with van der Waals surface area (Å²) < 4.78 is 4.71. The van der Waals surface area contributed by atoms with E-state index < -0.39 is 5.97 Å². The first-order valence-electron chi connectivity index (χ1n) is 9.18. The number of carbonyl (C=O) groups is 2. The number of anilines is 3. The van der Waals surface area contributed by atoms with Crippen LogP contribution in [0.3, 0.4) is 0 Å². The van der Waals surface area contributed by atoms with E-state index in [1.807, 2.05) is 13.8 Å². The Balaban J connectivity index is 1.79. The number of pyridine rings is 1. The highest BCUT2D eigenvalue weighted by Gasteiger charge is 2.11. The molecule has 2 N–H and O–H groups in total. The van der Waals surface area contributed by atoms with Crippen LogP contribution in [0.1, 0.15) is 37.4 Å². The van der Waals surface area contributed by atoms with Crippen molar-refractivity contribution in [1.82, 2.24) is 4.98 Å². The first kappa shape index (κ1) is 20.1. The zero-order chi connectivity index (χ0) is 21.0. The van der Waals surface area contributed by atoms with Crippen LogP contribution in [-0.2, 0) is 4.74 Å². The molecule has 6 nitrogen and oxygen atoms in total. The average Bonchev–Trinajstić information content (AvgIpc) is 2.70. The molecule has 2 aromatic carbocycles. The largest absolute Gasteiger partial charge is 0.465 e. The lowest BCUT2D eigenvalue weighted by molar-refractivity contribution is 0.0600. The monoisotopic (exact) mass is 389 g/mol. The van der Waals surface area contributed by atoms with Crippen LogP contribution in [0.2, 0.25) is 0 Å². The Morgan fingerprint density at radius 3 is 2.34 bits per heavy atom. The number of aromatic nitrogens is 1. The molecule has 29 heavy (non-hydrogen) atoms. The number of amides is 1. The van der Waals surface area contributed by atoms with Crippen LogP contribution in [0.25, 0.3) is 0 Å². The van der Waals surface area contributed by atoms with Gasteiger partial charge in [0, 0.05) is 23.1 Å². The second-order valence-corrected chi connectivity index (χ2v) is 6.85. The van der Waals surface area contributed by atoms with Crippen LogP contribution in [0, 0.1) is 20.8 Å². The predicted molar refractivity (Wildman–Crippen MR) is 114 cm³/mol. The molecule has 148 valence electrons. The van der Waals surface area contributed by atoms with Crippen molar-refractivity contribution in [1.29, 1.82) is 0 Å². The Bertz CT molecular complexity index is 1050. The van der Waals surface area contributed by atoms with E-state index in [4.69, 9.17) is 4.74 Å². The summed E-state index contributed by atoms with van der Waals surface area (Å²) in [5.41, 5.74) is 5.72. The van der Waals surface area contributed by atoms with Crippen molar-refractivity contribution >= 4 is 29.1 Å². The number of hydrogen-bond donors (Lipinski definition) is 2. The van der Waals surface area contributed by atoms with Gasteiger partial charge in [0.25, 0.3) is 5.91 Å². The highest BCUT2D eigenvalue weighted by Crippen LogP contribution is 2.25. The maximum atomic E-state index is 12.7. The van der Waals surface area contributed by atoms with Gasteiger partial charge in [-0.3, -0.25) is 4.79 Å². The van der Waals surface area contributed by atoms with Crippen molar-refractivity contribution < 1.29 is 14.3 Å². The fourth-order valence-corrected chi connectivity index (χ4v) is 3.19. The van der Waals surface area contributed by atoms with E-state index in [1.165, 1.54) is 12.7 Å². The van der Waals surface area contributed by atoms with Gasteiger partial charge >= 0.3 is 5.97 Å². The molecule has 0 aliphatic rings. The summed E-state index contributed by atoms with van der Waals surface area (Å²) in [6.07, 6.45) is 1.58. The van der Waals surface area contributed by atoms with Gasteiger partial charge in [-0.2, -0.15) is 0 Å². The molecule has 1 amide bonds. The fraction of sp³-hybridized carbons (Fsp3) is 0.174. The number of rotatable bonds is 5. The summed E-state index contributed by atoms with van der Waals surface area (Å²) in [6, 6.07) is 14.1. The predicted octanol–water partition coefficient (Wildman–Crippen LogP) is 4.79. The lowest BCUT2D eigenvalue weighted by Crippen LogP contribution is -2.13. The molecule has 6 heteroatoms. The van der Waals surface area contributed by atoms with E-state index in [-0.39, 0.29) is 5.91 Å². The fourth-order valence-electron chi connectivity index (χ4n) is 3.19. The molecule has 1 aromatic heterocycles. The van der Waals surface area contributed by atoms with Crippen molar-refractivity contribution in [3.05, 3.63) is 82.5 Å². The second-order valence-electron chi connectivity index (χ2n) is 6.85. The second kappa shape index (κ2) is 8.56. The summed E-state index contributed by atoms with van der Waals surface area (Å²) in [4.78, 5) is 28.7. The van der Waals surface area contributed by atoms with Crippen LogP contribution in [0.15, 0.2) is 54.7 Å². The number of esters is 1. The van der Waals surface area contributed by atoms with Crippen LogP contribution >= 0.6 is 0 Å². The number of aryl methyl sites for hydroxylation is 3. The number of carbonyl (C=O) groups excluding carboxylic acids is 2. The Labute approximate surface area is 169 Å². The molecule has 0 aliphatic carbocycles. The lowest BCUT2D eigenvalue weighted by Gasteiger charge is -2.14. The standard InChI is InChI=1S/C23H23N3O3/c1-14-10-15(2)21(16(3)11-14)26-20-13-17(8-9-24-20)22(27)25-19-7-5-6-18(12-19)23(28)29-4/h5-13H,1-4H3,(H,24,26)(H,25,27). The first-order chi connectivity index (χ1) is 13.9. The molecule has 0 bridgehead atoms. The Morgan fingerprint density at radius 2 is 1.66 bits per heavy atom. The number of benzene rings is 2. The van der Waals surface area contributed by atoms with Gasteiger partial charge < -0.3 is 15.4 Å². The molecule has 3 aromatic rings. The molecule has 0 radical (unpaired) electrons. The van der Waals surface area contributed by atoms with Crippen molar-refractivity contribution in [2.24, 2.45) is 0 Å². The molecular weight excluding hydrogens is 366 g/mol. The topological polar surface area (TPSA) is 80.3 Å². The zero-order valence-corrected chi connectivity index (χ0v) is 16.9. The van der Waals surface area contributed by atoms with E-state index >= 15 is 0 Å². The maximum absolute atomic E-state index is 12.7. The van der Waals surface area contributed by atoms with Crippen LogP contribution in [0.4, 0.5) is 17.2 Å². The Morgan fingerprint density at radius 1 is 0.931 bits per heavy atom. The van der Waals surface area contributed by atoms with Gasteiger partial charge in [0.1, 0.15) is 5.82 Å². The minimum atomic E-state index is -0.458. The molecule has 0 unspecified atom stereocenters. The minimum Gasteiger partial charge on any atom is -0.465 e. The summed E-state index contributed by atoms with van der Waals surface area (Å²) in [5, 5.41) is 6.10. The van der Waals surface area contributed by atoms with Gasteiger partial charge in [0.15, 0.2) is 0 Å². The van der Waals surface area contributed by atoms with Gasteiger partial charge in [-0.25, -0.2) is 9.78 Å². The third-order valence-corrected chi connectivity index (χ3v) is 4.49. The molecule has 0 atom stereocenters. The number of ether oxygens (including phenoxy) is 1. The van der Waals surface area contributed by atoms with E-state index in [2.05, 4.69) is 34.7 Å². The van der Waals surface area contributed by atoms with E-state index in [9.17, 15) is 9.59 Å². The Kier molecular flexibility index (Phi) is 5.93. The molecule has 0 saturated carbocycles. The van der Waals surface area contributed by atoms with E-state index in [0.29, 0.717) is 22.6 Å². The van der Waals surface area contributed by atoms with Gasteiger partial charge in [-0.15, -0.1) is 0 Å². The molecular formula is C23H23N3O3. The lowest BCUT2D eigenvalue weighted by atomic mass is 10.1. The van der Waals surface area contributed by atoms with Crippen LogP contribution < -0.4 is 10.6 Å². The first-order valence-corrected chi connectivity index (χ1v) is 9.18. The molecule has 1 heterocycles. The summed E-state index contributed by atoms with van der Waals surface area (Å²) in [7, 11) is 1.32. The number of methoxy groups -OCH3 is 1. The van der Waals surface area contributed by atoms with Crippen molar-refractivity contribution in [2.45, 2.75) is 20.8 Å². The minimum absolute atomic E-state index is 0.296. The number of hydrogen-bond acceptors (Lipinski definition) is 5. The van der Waals surface area contributed by atoms with Crippen molar-refractivity contribution in [3.63, 3.8) is 0 Å². The normalized spacial score (nSPS) is 10.3. The highest BCUT2D eigenvalue weighted by molar-refractivity contribution is 6.05. The number of nitrogens with one attached hydrogen (secondary N) is 2. The quantitative estimate of drug-likeness (QED) is 0.613. The smallest absolute Gasteiger partial charge is 0.337 e. The van der Waals surface area contributed by atoms with Gasteiger partial charge in [0.05, 0.1) is 12.7 Å². The SMILES string of the molecule is COC(=O)c1cccc(NC(=O)c2ccnc(Nc3c(C)cc(C)cc3C)c2)c1. The molecule has 0 fully saturated rings. The molecule has 3 rings (SSSR count). The summed E-state index contributed by atoms with van der Waals surface area (Å²) in [5.74, 6) is -0.175. The van der Waals surface area contributed by atoms with E-state index in [0.717, 1.165) is 16.8 Å². The van der Waals surface area contributed by atoms with Crippen molar-refractivity contribution in [2.75, 3.05) is 17.7 Å². The third kappa shape index (κ3) is 4.79. The molecule has 0 spiro atoms. The zero-order valence-electron chi connectivity index (χ0n) is 16.9. The number of nitrogens with zero attached hydrogens (tertiary/aromatic N) is 1. The average molecular weight is 389 g/mol. The van der Waals surface area contributed by atoms with Crippen molar-refractivity contribution in [3.8, 4) is 0 Å².